The largest absolute Gasteiger partial charge is 0.462 e. The molecule has 2 heterocycles. The first-order chi connectivity index (χ1) is 21.5. The number of nitrogens with zero attached hydrogens (tertiary/aromatic N) is 2. The molecular weight excluding hydrogens is 572 g/mol. The molecule has 0 spiro atoms. The number of hydrogen-bond acceptors (Lipinski definition) is 6. The minimum Gasteiger partial charge on any atom is -0.462 e. The number of hydrogen-bond donors (Lipinski definition) is 0. The van der Waals surface area contributed by atoms with Gasteiger partial charge in [-0.3, -0.25) is 19.4 Å². The standard InChI is InChI=1S/C40H76N2O4/c1-11-13-15-17-19-23-27-41-37(3,4)29-33(30-38(41,5)6)45-35(43)25-21-22-26-36(44)46-34-31-39(7,8)42(40(9,10)32-34)28-24-20-18-16-14-12-2/h33-34H,11-32H2,1-10H3. The lowest BCUT2D eigenvalue weighted by Crippen LogP contribution is -2.62. The summed E-state index contributed by atoms with van der Waals surface area (Å²) in [6.07, 6.45) is 21.1. The van der Waals surface area contributed by atoms with Gasteiger partial charge >= 0.3 is 11.9 Å². The van der Waals surface area contributed by atoms with Crippen molar-refractivity contribution >= 4 is 11.9 Å². The summed E-state index contributed by atoms with van der Waals surface area (Å²) in [6, 6.07) is 0. The fourth-order valence-electron chi connectivity index (χ4n) is 8.96. The van der Waals surface area contributed by atoms with Gasteiger partial charge in [0, 0.05) is 60.7 Å². The van der Waals surface area contributed by atoms with Gasteiger partial charge in [-0.2, -0.15) is 0 Å². The van der Waals surface area contributed by atoms with Crippen LogP contribution in [0.25, 0.3) is 0 Å². The molecule has 2 aliphatic rings. The molecule has 2 fully saturated rings. The first-order valence-corrected chi connectivity index (χ1v) is 19.5. The molecule has 0 bridgehead atoms. The molecule has 2 rings (SSSR count). The van der Waals surface area contributed by atoms with Crippen molar-refractivity contribution in [2.45, 2.75) is 232 Å². The van der Waals surface area contributed by atoms with Gasteiger partial charge < -0.3 is 9.47 Å². The minimum absolute atomic E-state index is 0.00655. The number of rotatable bonds is 21. The van der Waals surface area contributed by atoms with Gasteiger partial charge in [0.1, 0.15) is 12.2 Å². The van der Waals surface area contributed by atoms with Gasteiger partial charge in [-0.05, 0) is 94.2 Å². The smallest absolute Gasteiger partial charge is 0.306 e. The summed E-state index contributed by atoms with van der Waals surface area (Å²) in [5.74, 6) is -0.258. The van der Waals surface area contributed by atoms with E-state index in [0.717, 1.165) is 38.8 Å². The summed E-state index contributed by atoms with van der Waals surface area (Å²) >= 11 is 0. The first-order valence-electron chi connectivity index (χ1n) is 19.5. The van der Waals surface area contributed by atoms with Crippen LogP contribution in [0.4, 0.5) is 0 Å². The number of piperidine rings is 2. The average molecular weight is 649 g/mol. The van der Waals surface area contributed by atoms with E-state index in [2.05, 4.69) is 79.0 Å². The molecule has 0 saturated carbocycles. The second kappa shape index (κ2) is 19.2. The van der Waals surface area contributed by atoms with Crippen LogP contribution in [0.15, 0.2) is 0 Å². The quantitative estimate of drug-likeness (QED) is 0.0912. The predicted octanol–water partition coefficient (Wildman–Crippen LogP) is 10.4. The number of esters is 2. The van der Waals surface area contributed by atoms with Crippen molar-refractivity contribution in [2.75, 3.05) is 13.1 Å². The molecule has 0 aromatic carbocycles. The van der Waals surface area contributed by atoms with Crippen molar-refractivity contribution in [1.29, 1.82) is 0 Å². The fourth-order valence-corrected chi connectivity index (χ4v) is 8.96. The Morgan fingerprint density at radius 2 is 0.761 bits per heavy atom. The normalized spacial score (nSPS) is 21.7. The van der Waals surface area contributed by atoms with Gasteiger partial charge in [-0.15, -0.1) is 0 Å². The molecule has 46 heavy (non-hydrogen) atoms. The highest BCUT2D eigenvalue weighted by molar-refractivity contribution is 5.71. The molecule has 6 heteroatoms. The summed E-state index contributed by atoms with van der Waals surface area (Å²) < 4.78 is 12.1. The summed E-state index contributed by atoms with van der Waals surface area (Å²) in [6.45, 7) is 25.2. The van der Waals surface area contributed by atoms with Crippen LogP contribution >= 0.6 is 0 Å². The highest BCUT2D eigenvalue weighted by Crippen LogP contribution is 2.41. The molecule has 0 radical (unpaired) electrons. The van der Waals surface area contributed by atoms with Gasteiger partial charge in [0.25, 0.3) is 0 Å². The molecule has 0 unspecified atom stereocenters. The zero-order chi connectivity index (χ0) is 34.4. The van der Waals surface area contributed by atoms with E-state index in [1.165, 1.54) is 77.0 Å². The molecular formula is C40H76N2O4. The lowest BCUT2D eigenvalue weighted by molar-refractivity contribution is -0.163. The van der Waals surface area contributed by atoms with Crippen LogP contribution in [0.5, 0.6) is 0 Å². The van der Waals surface area contributed by atoms with Gasteiger partial charge in [-0.1, -0.05) is 78.1 Å². The van der Waals surface area contributed by atoms with Gasteiger partial charge in [0.05, 0.1) is 0 Å². The third-order valence-electron chi connectivity index (χ3n) is 10.9. The van der Waals surface area contributed by atoms with Crippen LogP contribution in [0.1, 0.15) is 198 Å². The molecule has 270 valence electrons. The van der Waals surface area contributed by atoms with E-state index in [-0.39, 0.29) is 46.3 Å². The zero-order valence-electron chi connectivity index (χ0n) is 32.2. The van der Waals surface area contributed by atoms with Crippen LogP contribution in [0.2, 0.25) is 0 Å². The Morgan fingerprint density at radius 1 is 0.478 bits per heavy atom. The molecule has 0 aromatic rings. The van der Waals surface area contributed by atoms with E-state index in [1.807, 2.05) is 0 Å². The molecule has 6 nitrogen and oxygen atoms in total. The van der Waals surface area contributed by atoms with Gasteiger partial charge in [0.2, 0.25) is 0 Å². The first kappa shape index (κ1) is 41.0. The van der Waals surface area contributed by atoms with E-state index < -0.39 is 0 Å². The fraction of sp³-hybridized carbons (Fsp3) is 0.950. The van der Waals surface area contributed by atoms with Crippen molar-refractivity contribution in [3.8, 4) is 0 Å². The third-order valence-corrected chi connectivity index (χ3v) is 10.9. The highest BCUT2D eigenvalue weighted by Gasteiger charge is 2.47. The average Bonchev–Trinajstić information content (AvgIpc) is 2.91. The second-order valence-electron chi connectivity index (χ2n) is 17.3. The molecule has 0 aliphatic carbocycles. The van der Waals surface area contributed by atoms with E-state index in [9.17, 15) is 9.59 Å². The topological polar surface area (TPSA) is 59.1 Å². The molecule has 0 amide bonds. The zero-order valence-corrected chi connectivity index (χ0v) is 32.2. The Labute approximate surface area is 285 Å². The maximum Gasteiger partial charge on any atom is 0.306 e. The highest BCUT2D eigenvalue weighted by atomic mass is 16.5. The SMILES string of the molecule is CCCCCCCCN1C(C)(C)CC(OC(=O)CCCCC(=O)OC2CC(C)(C)N(CCCCCCCC)C(C)(C)C2)CC1(C)C. The predicted molar refractivity (Wildman–Crippen MR) is 193 cm³/mol. The molecule has 0 N–H and O–H groups in total. The maximum atomic E-state index is 12.8. The van der Waals surface area contributed by atoms with E-state index in [1.54, 1.807) is 0 Å². The van der Waals surface area contributed by atoms with E-state index in [0.29, 0.717) is 25.7 Å². The molecule has 0 aromatic heterocycles. The number of unbranched alkanes of at least 4 members (excludes halogenated alkanes) is 11. The Hall–Kier alpha value is -1.14. The Kier molecular flexibility index (Phi) is 17.1. The molecule has 0 atom stereocenters. The summed E-state index contributed by atoms with van der Waals surface area (Å²) in [5.41, 5.74) is -0.0262. The van der Waals surface area contributed by atoms with Crippen molar-refractivity contribution in [1.82, 2.24) is 9.80 Å². The van der Waals surface area contributed by atoms with Gasteiger partial charge in [-0.25, -0.2) is 0 Å². The van der Waals surface area contributed by atoms with Crippen molar-refractivity contribution in [3.05, 3.63) is 0 Å². The van der Waals surface area contributed by atoms with Crippen molar-refractivity contribution < 1.29 is 19.1 Å². The Balaban J connectivity index is 1.71. The number of carbonyl (C=O) groups is 2. The van der Waals surface area contributed by atoms with Crippen LogP contribution in [-0.2, 0) is 19.1 Å². The summed E-state index contributed by atoms with van der Waals surface area (Å²) in [4.78, 5) is 31.0. The third kappa shape index (κ3) is 13.8. The van der Waals surface area contributed by atoms with Gasteiger partial charge in [0.15, 0.2) is 0 Å². The minimum atomic E-state index is -0.129. The van der Waals surface area contributed by atoms with Crippen molar-refractivity contribution in [2.24, 2.45) is 0 Å². The maximum absolute atomic E-state index is 12.8. The second-order valence-corrected chi connectivity index (χ2v) is 17.3. The van der Waals surface area contributed by atoms with Crippen molar-refractivity contribution in [3.63, 3.8) is 0 Å². The summed E-state index contributed by atoms with van der Waals surface area (Å²) in [5, 5.41) is 0. The summed E-state index contributed by atoms with van der Waals surface area (Å²) in [7, 11) is 0. The lowest BCUT2D eigenvalue weighted by Gasteiger charge is -2.55. The lowest BCUT2D eigenvalue weighted by atomic mass is 9.77. The monoisotopic (exact) mass is 649 g/mol. The number of carbonyl (C=O) groups excluding carboxylic acids is 2. The van der Waals surface area contributed by atoms with Crippen LogP contribution in [0, 0.1) is 0 Å². The Bertz CT molecular complexity index is 788. The Morgan fingerprint density at radius 3 is 1.07 bits per heavy atom. The molecule has 2 saturated heterocycles. The number of likely N-dealkylation sites (tertiary alicyclic amines) is 2. The van der Waals surface area contributed by atoms with Crippen LogP contribution < -0.4 is 0 Å². The van der Waals surface area contributed by atoms with Crippen LogP contribution in [0.3, 0.4) is 0 Å². The van der Waals surface area contributed by atoms with E-state index >= 15 is 0 Å². The van der Waals surface area contributed by atoms with Crippen LogP contribution in [-0.4, -0.2) is 69.2 Å². The number of ether oxygens (including phenoxy) is 2. The molecule has 2 aliphatic heterocycles. The van der Waals surface area contributed by atoms with E-state index in [4.69, 9.17) is 9.47 Å².